The summed E-state index contributed by atoms with van der Waals surface area (Å²) in [6.45, 7) is 4.08. The number of nitrogens with one attached hydrogen (secondary N) is 1. The largest absolute Gasteiger partial charge is 0.453 e. The van der Waals surface area contributed by atoms with Gasteiger partial charge in [0.1, 0.15) is 22.1 Å². The average molecular weight is 374 g/mol. The lowest BCUT2D eigenvalue weighted by molar-refractivity contribution is 0.0467. The van der Waals surface area contributed by atoms with Gasteiger partial charge in [-0.25, -0.2) is 9.78 Å². The summed E-state index contributed by atoms with van der Waals surface area (Å²) in [7, 11) is 0. The van der Waals surface area contributed by atoms with Crippen LogP contribution in [0.15, 0.2) is 16.2 Å². The number of esters is 1. The van der Waals surface area contributed by atoms with Crippen LogP contribution in [-0.4, -0.2) is 15.9 Å². The van der Waals surface area contributed by atoms with E-state index in [1.165, 1.54) is 16.2 Å². The van der Waals surface area contributed by atoms with Crippen LogP contribution < -0.4 is 5.56 Å². The number of nitrogens with zero attached hydrogens (tertiary/aromatic N) is 1. The Morgan fingerprint density at radius 3 is 3.08 bits per heavy atom. The summed E-state index contributed by atoms with van der Waals surface area (Å²) in [5.74, 6) is 0.662. The van der Waals surface area contributed by atoms with Crippen molar-refractivity contribution < 1.29 is 9.53 Å². The molecule has 1 N–H and O–H groups in total. The molecule has 1 atom stereocenters. The molecule has 0 bridgehead atoms. The number of fused-ring (bicyclic) bond motifs is 3. The van der Waals surface area contributed by atoms with Gasteiger partial charge in [0.05, 0.1) is 5.39 Å². The van der Waals surface area contributed by atoms with Crippen LogP contribution in [0.5, 0.6) is 0 Å². The van der Waals surface area contributed by atoms with E-state index in [9.17, 15) is 9.59 Å². The second-order valence-electron chi connectivity index (χ2n) is 6.55. The van der Waals surface area contributed by atoms with Gasteiger partial charge in [0.2, 0.25) is 0 Å². The van der Waals surface area contributed by atoms with Gasteiger partial charge in [0.15, 0.2) is 0 Å². The number of aromatic amines is 1. The second-order valence-corrected chi connectivity index (χ2v) is 8.55. The normalized spacial score (nSPS) is 16.8. The van der Waals surface area contributed by atoms with Crippen molar-refractivity contribution in [3.8, 4) is 0 Å². The van der Waals surface area contributed by atoms with Gasteiger partial charge in [-0.15, -0.1) is 22.7 Å². The molecule has 0 radical (unpaired) electrons. The van der Waals surface area contributed by atoms with Crippen LogP contribution in [0.3, 0.4) is 0 Å². The van der Waals surface area contributed by atoms with Gasteiger partial charge in [-0.1, -0.05) is 6.92 Å². The minimum absolute atomic E-state index is 0.0275. The summed E-state index contributed by atoms with van der Waals surface area (Å²) in [6.07, 6.45) is 3.06. The standard InChI is InChI=1S/C18H18N2O3S2/c1-9-3-4-11-12(7-9)25-17-14(11)16(21)19-13(20-17)8-23-18(22)15-10(2)5-6-24-15/h5-6,9H,3-4,7-8H2,1-2H3,(H,19,20,21). The zero-order chi connectivity index (χ0) is 17.6. The molecule has 1 aliphatic carbocycles. The highest BCUT2D eigenvalue weighted by atomic mass is 32.1. The summed E-state index contributed by atoms with van der Waals surface area (Å²) in [4.78, 5) is 34.6. The highest BCUT2D eigenvalue weighted by Gasteiger charge is 2.23. The molecule has 0 saturated carbocycles. The first-order valence-electron chi connectivity index (χ1n) is 8.27. The zero-order valence-electron chi connectivity index (χ0n) is 14.0. The third kappa shape index (κ3) is 3.02. The molecule has 0 aliphatic heterocycles. The van der Waals surface area contributed by atoms with Crippen LogP contribution in [0.1, 0.15) is 44.8 Å². The molecule has 3 aromatic heterocycles. The van der Waals surface area contributed by atoms with E-state index in [-0.39, 0.29) is 18.1 Å². The highest BCUT2D eigenvalue weighted by Crippen LogP contribution is 2.35. The van der Waals surface area contributed by atoms with Crippen molar-refractivity contribution in [3.63, 3.8) is 0 Å². The predicted octanol–water partition coefficient (Wildman–Crippen LogP) is 3.84. The molecule has 0 amide bonds. The molecule has 130 valence electrons. The van der Waals surface area contributed by atoms with Gasteiger partial charge < -0.3 is 9.72 Å². The fraction of sp³-hybridized carbons (Fsp3) is 0.389. The van der Waals surface area contributed by atoms with Crippen molar-refractivity contribution >= 4 is 38.9 Å². The Kier molecular flexibility index (Phi) is 4.21. The number of aromatic nitrogens is 2. The zero-order valence-corrected chi connectivity index (χ0v) is 15.7. The summed E-state index contributed by atoms with van der Waals surface area (Å²) in [5.41, 5.74) is 1.92. The predicted molar refractivity (Wildman–Crippen MR) is 99.6 cm³/mol. The Bertz CT molecular complexity index is 1020. The fourth-order valence-electron chi connectivity index (χ4n) is 3.24. The quantitative estimate of drug-likeness (QED) is 0.707. The van der Waals surface area contributed by atoms with Crippen molar-refractivity contribution in [3.05, 3.63) is 48.5 Å². The van der Waals surface area contributed by atoms with Gasteiger partial charge in [-0.3, -0.25) is 4.79 Å². The van der Waals surface area contributed by atoms with Crippen LogP contribution in [0.4, 0.5) is 0 Å². The van der Waals surface area contributed by atoms with Crippen LogP contribution in [0, 0.1) is 12.8 Å². The van der Waals surface area contributed by atoms with E-state index in [4.69, 9.17) is 4.74 Å². The number of carbonyl (C=O) groups is 1. The lowest BCUT2D eigenvalue weighted by Crippen LogP contribution is -2.16. The number of thiophene rings is 2. The molecule has 0 fully saturated rings. The van der Waals surface area contributed by atoms with Gasteiger partial charge in [-0.2, -0.15) is 0 Å². The molecule has 5 nitrogen and oxygen atoms in total. The summed E-state index contributed by atoms with van der Waals surface area (Å²) in [5, 5.41) is 2.58. The monoisotopic (exact) mass is 374 g/mol. The molecule has 0 saturated heterocycles. The van der Waals surface area contributed by atoms with Crippen molar-refractivity contribution in [2.75, 3.05) is 0 Å². The first-order valence-corrected chi connectivity index (χ1v) is 9.97. The smallest absolute Gasteiger partial charge is 0.349 e. The Morgan fingerprint density at radius 1 is 1.48 bits per heavy atom. The van der Waals surface area contributed by atoms with E-state index in [1.807, 2.05) is 18.4 Å². The highest BCUT2D eigenvalue weighted by molar-refractivity contribution is 7.18. The van der Waals surface area contributed by atoms with Crippen LogP contribution in [0.25, 0.3) is 10.2 Å². The van der Waals surface area contributed by atoms with E-state index in [1.54, 1.807) is 11.3 Å². The van der Waals surface area contributed by atoms with Crippen LogP contribution in [-0.2, 0) is 24.2 Å². The molecule has 0 spiro atoms. The topological polar surface area (TPSA) is 72.0 Å². The van der Waals surface area contributed by atoms with Gasteiger partial charge in [-0.05, 0) is 54.7 Å². The lowest BCUT2D eigenvalue weighted by Gasteiger charge is -2.17. The molecule has 4 rings (SSSR count). The summed E-state index contributed by atoms with van der Waals surface area (Å²) in [6, 6.07) is 1.88. The molecular weight excluding hydrogens is 356 g/mol. The first kappa shape index (κ1) is 16.5. The van der Waals surface area contributed by atoms with E-state index in [2.05, 4.69) is 16.9 Å². The summed E-state index contributed by atoms with van der Waals surface area (Å²) < 4.78 is 5.32. The van der Waals surface area contributed by atoms with Crippen molar-refractivity contribution in [1.82, 2.24) is 9.97 Å². The maximum Gasteiger partial charge on any atom is 0.349 e. The van der Waals surface area contributed by atoms with Crippen molar-refractivity contribution in [1.29, 1.82) is 0 Å². The van der Waals surface area contributed by atoms with Gasteiger partial charge >= 0.3 is 5.97 Å². The molecule has 7 heteroatoms. The van der Waals surface area contributed by atoms with E-state index >= 15 is 0 Å². The number of rotatable bonds is 3. The van der Waals surface area contributed by atoms with E-state index in [0.717, 1.165) is 40.6 Å². The lowest BCUT2D eigenvalue weighted by atomic mass is 9.89. The fourth-order valence-corrected chi connectivity index (χ4v) is 5.46. The SMILES string of the molecule is Cc1ccsc1C(=O)OCc1nc2sc3c(c2c(=O)[nH]1)CCC(C)C3. The maximum absolute atomic E-state index is 12.5. The number of ether oxygens (including phenoxy) is 1. The minimum atomic E-state index is -0.380. The molecule has 1 unspecified atom stereocenters. The second kappa shape index (κ2) is 6.38. The van der Waals surface area contributed by atoms with Crippen LogP contribution >= 0.6 is 22.7 Å². The Balaban J connectivity index is 1.60. The molecule has 3 aromatic rings. The number of aryl methyl sites for hydroxylation is 2. The third-order valence-electron chi connectivity index (χ3n) is 4.60. The Morgan fingerprint density at radius 2 is 2.32 bits per heavy atom. The van der Waals surface area contributed by atoms with E-state index < -0.39 is 0 Å². The van der Waals surface area contributed by atoms with Gasteiger partial charge in [0.25, 0.3) is 5.56 Å². The number of hydrogen-bond acceptors (Lipinski definition) is 6. The molecule has 3 heterocycles. The third-order valence-corrected chi connectivity index (χ3v) is 6.75. The molecule has 0 aromatic carbocycles. The number of carbonyl (C=O) groups excluding carboxylic acids is 1. The molecule has 25 heavy (non-hydrogen) atoms. The first-order chi connectivity index (χ1) is 12.0. The molecular formula is C18H18N2O3S2. The average Bonchev–Trinajstić information content (AvgIpc) is 3.15. The van der Waals surface area contributed by atoms with E-state index in [0.29, 0.717) is 16.6 Å². The Hall–Kier alpha value is -1.99. The summed E-state index contributed by atoms with van der Waals surface area (Å²) >= 11 is 2.95. The Labute approximate surface area is 152 Å². The minimum Gasteiger partial charge on any atom is -0.453 e. The van der Waals surface area contributed by atoms with Crippen molar-refractivity contribution in [2.24, 2.45) is 5.92 Å². The molecule has 1 aliphatic rings. The van der Waals surface area contributed by atoms with Gasteiger partial charge in [0, 0.05) is 4.88 Å². The maximum atomic E-state index is 12.5. The number of H-pyrrole nitrogens is 1. The van der Waals surface area contributed by atoms with Crippen molar-refractivity contribution in [2.45, 2.75) is 39.7 Å². The number of hydrogen-bond donors (Lipinski definition) is 1. The van der Waals surface area contributed by atoms with Crippen LogP contribution in [0.2, 0.25) is 0 Å².